The highest BCUT2D eigenvalue weighted by Crippen LogP contribution is 2.46. The lowest BCUT2D eigenvalue weighted by atomic mass is 9.67. The zero-order valence-electron chi connectivity index (χ0n) is 13.2. The van der Waals surface area contributed by atoms with Gasteiger partial charge in [0.25, 0.3) is 0 Å². The van der Waals surface area contributed by atoms with Crippen LogP contribution in [0.1, 0.15) is 24.8 Å². The van der Waals surface area contributed by atoms with Gasteiger partial charge in [0.1, 0.15) is 5.75 Å². The molecule has 4 heterocycles. The number of benzene rings is 1. The molecule has 1 aromatic carbocycles. The summed E-state index contributed by atoms with van der Waals surface area (Å²) in [7, 11) is 0. The number of nitrogens with zero attached hydrogens (tertiary/aromatic N) is 1. The molecule has 1 aliphatic carbocycles. The Hall–Kier alpha value is -1.75. The zero-order chi connectivity index (χ0) is 15.4. The minimum absolute atomic E-state index is 0.0273. The molecule has 23 heavy (non-hydrogen) atoms. The van der Waals surface area contributed by atoms with Crippen molar-refractivity contribution in [2.45, 2.75) is 31.9 Å². The Morgan fingerprint density at radius 3 is 2.83 bits per heavy atom. The van der Waals surface area contributed by atoms with E-state index in [1.54, 1.807) is 0 Å². The predicted octanol–water partition coefficient (Wildman–Crippen LogP) is 2.86. The SMILES string of the molecule is O=C(Nc1ccc2c(c1)CCO2)O[C@H]1C2C[C@@H]3C[C@@H](C2)CN1C3. The van der Waals surface area contributed by atoms with Crippen molar-refractivity contribution in [1.82, 2.24) is 4.90 Å². The van der Waals surface area contributed by atoms with Crippen LogP contribution in [0.2, 0.25) is 0 Å². The van der Waals surface area contributed by atoms with Crippen LogP contribution in [0.15, 0.2) is 18.2 Å². The molecular formula is C18H22N2O3. The van der Waals surface area contributed by atoms with Gasteiger partial charge in [0.05, 0.1) is 6.61 Å². The Labute approximate surface area is 135 Å². The number of carbonyl (C=O) groups excluding carboxylic acids is 1. The molecule has 122 valence electrons. The van der Waals surface area contributed by atoms with E-state index in [2.05, 4.69) is 10.2 Å². The summed E-state index contributed by atoms with van der Waals surface area (Å²) in [5, 5.41) is 2.89. The van der Waals surface area contributed by atoms with Crippen LogP contribution in [-0.4, -0.2) is 36.9 Å². The van der Waals surface area contributed by atoms with Crippen molar-refractivity contribution in [3.05, 3.63) is 23.8 Å². The standard InChI is InChI=1S/C18H22N2O3/c21-18(19-15-1-2-16-13(8-15)3-4-22-16)23-17-14-6-11-5-12(7-14)10-20(17)9-11/h1-2,8,11-12,14,17H,3-7,9-10H2,(H,19,21)/t11-,12-,17-/m0/s1. The molecule has 1 saturated carbocycles. The molecule has 1 amide bonds. The highest BCUT2D eigenvalue weighted by atomic mass is 16.6. The van der Waals surface area contributed by atoms with Crippen LogP contribution in [0.3, 0.4) is 0 Å². The fourth-order valence-electron chi connectivity index (χ4n) is 5.08. The fourth-order valence-corrected chi connectivity index (χ4v) is 5.08. The first kappa shape index (κ1) is 13.7. The van der Waals surface area contributed by atoms with Crippen LogP contribution in [-0.2, 0) is 11.2 Å². The number of carbonyl (C=O) groups is 1. The van der Waals surface area contributed by atoms with Crippen LogP contribution < -0.4 is 10.1 Å². The lowest BCUT2D eigenvalue weighted by molar-refractivity contribution is -0.154. The topological polar surface area (TPSA) is 50.8 Å². The highest BCUT2D eigenvalue weighted by molar-refractivity contribution is 5.85. The van der Waals surface area contributed by atoms with Crippen molar-refractivity contribution >= 4 is 11.8 Å². The Morgan fingerprint density at radius 1 is 1.22 bits per heavy atom. The summed E-state index contributed by atoms with van der Waals surface area (Å²) >= 11 is 0. The van der Waals surface area contributed by atoms with E-state index in [9.17, 15) is 4.79 Å². The lowest BCUT2D eigenvalue weighted by Crippen LogP contribution is -2.60. The number of anilines is 1. The van der Waals surface area contributed by atoms with Crippen molar-refractivity contribution in [3.63, 3.8) is 0 Å². The first-order chi connectivity index (χ1) is 11.2. The molecule has 5 heteroatoms. The number of amides is 1. The molecular weight excluding hydrogens is 292 g/mol. The predicted molar refractivity (Wildman–Crippen MR) is 85.4 cm³/mol. The van der Waals surface area contributed by atoms with E-state index in [4.69, 9.17) is 9.47 Å². The average Bonchev–Trinajstić information content (AvgIpc) is 2.98. The van der Waals surface area contributed by atoms with Crippen molar-refractivity contribution in [1.29, 1.82) is 0 Å². The molecule has 0 unspecified atom stereocenters. The van der Waals surface area contributed by atoms with Gasteiger partial charge < -0.3 is 9.47 Å². The van der Waals surface area contributed by atoms with Crippen LogP contribution in [0.5, 0.6) is 5.75 Å². The molecule has 5 nitrogen and oxygen atoms in total. The first-order valence-electron chi connectivity index (χ1n) is 8.72. The molecule has 3 atom stereocenters. The van der Waals surface area contributed by atoms with Crippen molar-refractivity contribution in [3.8, 4) is 5.75 Å². The molecule has 1 N–H and O–H groups in total. The number of nitrogens with one attached hydrogen (secondary N) is 1. The average molecular weight is 314 g/mol. The number of hydrogen-bond acceptors (Lipinski definition) is 4. The van der Waals surface area contributed by atoms with Crippen LogP contribution in [0, 0.1) is 17.8 Å². The summed E-state index contributed by atoms with van der Waals surface area (Å²) < 4.78 is 11.3. The van der Waals surface area contributed by atoms with E-state index in [1.165, 1.54) is 19.3 Å². The minimum atomic E-state index is -0.332. The van der Waals surface area contributed by atoms with Crippen molar-refractivity contribution in [2.24, 2.45) is 17.8 Å². The van der Waals surface area contributed by atoms with Gasteiger partial charge in [-0.25, -0.2) is 4.79 Å². The lowest BCUT2D eigenvalue weighted by Gasteiger charge is -2.55. The molecule has 3 saturated heterocycles. The van der Waals surface area contributed by atoms with Crippen LogP contribution in [0.25, 0.3) is 0 Å². The normalized spacial score (nSPS) is 36.4. The van der Waals surface area contributed by atoms with Crippen molar-refractivity contribution in [2.75, 3.05) is 25.0 Å². The summed E-state index contributed by atoms with van der Waals surface area (Å²) in [6, 6.07) is 5.79. The van der Waals surface area contributed by atoms with Gasteiger partial charge in [-0.2, -0.15) is 0 Å². The quantitative estimate of drug-likeness (QED) is 0.912. The van der Waals surface area contributed by atoms with Gasteiger partial charge in [-0.3, -0.25) is 10.2 Å². The second kappa shape index (κ2) is 5.13. The van der Waals surface area contributed by atoms with Crippen molar-refractivity contribution < 1.29 is 14.3 Å². The van der Waals surface area contributed by atoms with Gasteiger partial charge in [-0.1, -0.05) is 0 Å². The van der Waals surface area contributed by atoms with E-state index in [0.29, 0.717) is 5.92 Å². The molecule has 0 spiro atoms. The number of piperidine rings is 3. The van der Waals surface area contributed by atoms with E-state index in [-0.39, 0.29) is 12.3 Å². The third-order valence-electron chi connectivity index (χ3n) is 5.85. The summed E-state index contributed by atoms with van der Waals surface area (Å²) in [5.41, 5.74) is 1.94. The molecule has 1 aromatic rings. The van der Waals surface area contributed by atoms with Crippen LogP contribution in [0.4, 0.5) is 10.5 Å². The summed E-state index contributed by atoms with van der Waals surface area (Å²) in [4.78, 5) is 14.7. The third-order valence-corrected chi connectivity index (χ3v) is 5.85. The van der Waals surface area contributed by atoms with E-state index in [0.717, 1.165) is 55.0 Å². The maximum absolute atomic E-state index is 12.3. The number of fused-ring (bicyclic) bond motifs is 1. The summed E-state index contributed by atoms with van der Waals surface area (Å²) in [6.45, 7) is 2.92. The maximum atomic E-state index is 12.3. The molecule has 4 aliphatic heterocycles. The van der Waals surface area contributed by atoms with Gasteiger partial charge in [0, 0.05) is 31.1 Å². The largest absolute Gasteiger partial charge is 0.493 e. The zero-order valence-corrected chi connectivity index (χ0v) is 13.2. The monoisotopic (exact) mass is 314 g/mol. The molecule has 6 rings (SSSR count). The highest BCUT2D eigenvalue weighted by Gasteiger charge is 2.48. The minimum Gasteiger partial charge on any atom is -0.493 e. The van der Waals surface area contributed by atoms with Gasteiger partial charge in [0.2, 0.25) is 0 Å². The first-order valence-corrected chi connectivity index (χ1v) is 8.72. The molecule has 4 fully saturated rings. The Balaban J connectivity index is 1.25. The number of ether oxygens (including phenoxy) is 2. The van der Waals surface area contributed by atoms with Crippen LogP contribution >= 0.6 is 0 Å². The van der Waals surface area contributed by atoms with Gasteiger partial charge in [-0.05, 0) is 54.9 Å². The Kier molecular flexibility index (Phi) is 3.05. The number of rotatable bonds is 2. The summed E-state index contributed by atoms with van der Waals surface area (Å²) in [5.74, 6) is 3.11. The van der Waals surface area contributed by atoms with E-state index in [1.807, 2.05) is 18.2 Å². The number of hydrogen-bond donors (Lipinski definition) is 1. The molecule has 0 radical (unpaired) electrons. The molecule has 0 aromatic heterocycles. The summed E-state index contributed by atoms with van der Waals surface area (Å²) in [6.07, 6.45) is 4.37. The third kappa shape index (κ3) is 2.38. The molecule has 5 aliphatic rings. The Morgan fingerprint density at radius 2 is 2.04 bits per heavy atom. The van der Waals surface area contributed by atoms with Gasteiger partial charge in [0.15, 0.2) is 6.23 Å². The van der Waals surface area contributed by atoms with Gasteiger partial charge in [-0.15, -0.1) is 0 Å². The second-order valence-electron chi connectivity index (χ2n) is 7.49. The fraction of sp³-hybridized carbons (Fsp3) is 0.611. The smallest absolute Gasteiger partial charge is 0.413 e. The molecule has 4 bridgehead atoms. The van der Waals surface area contributed by atoms with Gasteiger partial charge >= 0.3 is 6.09 Å². The van der Waals surface area contributed by atoms with E-state index < -0.39 is 0 Å². The van der Waals surface area contributed by atoms with E-state index >= 15 is 0 Å². The Bertz CT molecular complexity index is 617. The maximum Gasteiger partial charge on any atom is 0.413 e. The second-order valence-corrected chi connectivity index (χ2v) is 7.49.